The second-order valence-corrected chi connectivity index (χ2v) is 5.89. The molecule has 0 aromatic carbocycles. The van der Waals surface area contributed by atoms with Gasteiger partial charge in [0.1, 0.15) is 6.04 Å². The number of hydrogen-bond acceptors (Lipinski definition) is 7. The highest BCUT2D eigenvalue weighted by Gasteiger charge is 2.20. The van der Waals surface area contributed by atoms with E-state index in [0.29, 0.717) is 30.6 Å². The van der Waals surface area contributed by atoms with Gasteiger partial charge in [0, 0.05) is 5.38 Å². The van der Waals surface area contributed by atoms with Crippen molar-refractivity contribution in [3.8, 4) is 11.5 Å². The zero-order valence-electron chi connectivity index (χ0n) is 12.3. The third kappa shape index (κ3) is 4.37. The van der Waals surface area contributed by atoms with Crippen molar-refractivity contribution in [1.29, 1.82) is 0 Å². The van der Waals surface area contributed by atoms with Crippen molar-refractivity contribution >= 4 is 17.3 Å². The highest BCUT2D eigenvalue weighted by Crippen LogP contribution is 2.19. The Morgan fingerprint density at radius 2 is 2.33 bits per heavy atom. The fraction of sp³-hybridized carbons (Fsp3) is 0.500. The van der Waals surface area contributed by atoms with E-state index in [1.54, 1.807) is 11.3 Å². The Morgan fingerprint density at radius 1 is 1.52 bits per heavy atom. The number of nitrogens with one attached hydrogen (secondary N) is 1. The second kappa shape index (κ2) is 7.33. The maximum absolute atomic E-state index is 11.7. The number of carbonyl (C=O) groups is 1. The molecular weight excluding hydrogens is 290 g/mol. The average Bonchev–Trinajstić information content (AvgIpc) is 3.12. The van der Waals surface area contributed by atoms with Gasteiger partial charge < -0.3 is 9.26 Å². The van der Waals surface area contributed by atoms with Gasteiger partial charge >= 0.3 is 5.97 Å². The van der Waals surface area contributed by atoms with E-state index >= 15 is 0 Å². The molecule has 114 valence electrons. The topological polar surface area (TPSA) is 77.2 Å². The summed E-state index contributed by atoms with van der Waals surface area (Å²) in [6.45, 7) is 4.47. The van der Waals surface area contributed by atoms with Gasteiger partial charge in [0.05, 0.1) is 19.2 Å². The molecule has 0 fully saturated rings. The summed E-state index contributed by atoms with van der Waals surface area (Å²) in [5, 5.41) is 10.9. The van der Waals surface area contributed by atoms with Gasteiger partial charge in [-0.05, 0) is 23.8 Å². The Labute approximate surface area is 127 Å². The molecule has 2 heterocycles. The number of nitrogens with zero attached hydrogens (tertiary/aromatic N) is 2. The van der Waals surface area contributed by atoms with Crippen molar-refractivity contribution in [3.63, 3.8) is 0 Å². The van der Waals surface area contributed by atoms with Gasteiger partial charge in [0.25, 0.3) is 5.89 Å². The maximum atomic E-state index is 11.7. The van der Waals surface area contributed by atoms with E-state index in [1.165, 1.54) is 7.11 Å². The van der Waals surface area contributed by atoms with Gasteiger partial charge in [-0.15, -0.1) is 0 Å². The molecule has 7 heteroatoms. The molecule has 6 nitrogen and oxygen atoms in total. The zero-order valence-corrected chi connectivity index (χ0v) is 13.1. The van der Waals surface area contributed by atoms with Crippen LogP contribution in [0, 0.1) is 5.92 Å². The number of esters is 1. The summed E-state index contributed by atoms with van der Waals surface area (Å²) >= 11 is 1.57. The first kappa shape index (κ1) is 15.7. The lowest BCUT2D eigenvalue weighted by Gasteiger charge is -2.17. The summed E-state index contributed by atoms with van der Waals surface area (Å²) in [5.74, 6) is 1.12. The maximum Gasteiger partial charge on any atom is 0.322 e. The molecule has 0 amide bonds. The first-order valence-corrected chi connectivity index (χ1v) is 7.70. The molecule has 0 saturated heterocycles. The molecule has 0 aliphatic carbocycles. The summed E-state index contributed by atoms with van der Waals surface area (Å²) in [6, 6.07) is 1.56. The molecule has 0 spiro atoms. The first-order valence-electron chi connectivity index (χ1n) is 6.76. The molecule has 0 saturated carbocycles. The summed E-state index contributed by atoms with van der Waals surface area (Å²) in [4.78, 5) is 16.0. The minimum atomic E-state index is -0.363. The quantitative estimate of drug-likeness (QED) is 0.792. The molecule has 0 bridgehead atoms. The van der Waals surface area contributed by atoms with Crippen LogP contribution in [0.25, 0.3) is 11.5 Å². The van der Waals surface area contributed by atoms with Gasteiger partial charge in [-0.25, -0.2) is 0 Å². The van der Waals surface area contributed by atoms with Crippen molar-refractivity contribution in [2.45, 2.75) is 32.9 Å². The van der Waals surface area contributed by atoms with Gasteiger partial charge in [-0.2, -0.15) is 16.3 Å². The van der Waals surface area contributed by atoms with Crippen LogP contribution >= 0.6 is 11.3 Å². The van der Waals surface area contributed by atoms with Crippen LogP contribution in [0.1, 0.15) is 26.1 Å². The predicted molar refractivity (Wildman–Crippen MR) is 79.7 cm³/mol. The van der Waals surface area contributed by atoms with Crippen LogP contribution in [0.3, 0.4) is 0 Å². The van der Waals surface area contributed by atoms with E-state index in [1.807, 2.05) is 16.8 Å². The number of hydrogen-bond donors (Lipinski definition) is 1. The molecule has 21 heavy (non-hydrogen) atoms. The smallest absolute Gasteiger partial charge is 0.322 e. The number of methoxy groups -OCH3 is 1. The molecular formula is C14H19N3O3S. The molecule has 0 aliphatic rings. The number of thiophene rings is 1. The Bertz CT molecular complexity index is 566. The van der Waals surface area contributed by atoms with Crippen LogP contribution in [0.4, 0.5) is 0 Å². The van der Waals surface area contributed by atoms with Crippen LogP contribution in [0.5, 0.6) is 0 Å². The summed E-state index contributed by atoms with van der Waals surface area (Å²) in [7, 11) is 1.39. The lowest BCUT2D eigenvalue weighted by Crippen LogP contribution is -2.38. The standard InChI is InChI=1S/C14H19N3O3S/c1-9(2)6-11(14(18)19-3)15-7-12-16-13(20-17-12)10-4-5-21-8-10/h4-5,8-9,11,15H,6-7H2,1-3H3. The number of ether oxygens (including phenoxy) is 1. The fourth-order valence-electron chi connectivity index (χ4n) is 1.92. The number of rotatable bonds is 7. The predicted octanol–water partition coefficient (Wildman–Crippen LogP) is 2.48. The van der Waals surface area contributed by atoms with Crippen LogP contribution in [0.2, 0.25) is 0 Å². The average molecular weight is 309 g/mol. The van der Waals surface area contributed by atoms with Crippen molar-refractivity contribution in [1.82, 2.24) is 15.5 Å². The highest BCUT2D eigenvalue weighted by molar-refractivity contribution is 7.08. The zero-order chi connectivity index (χ0) is 15.2. The molecule has 0 radical (unpaired) electrons. The van der Waals surface area contributed by atoms with E-state index in [2.05, 4.69) is 29.3 Å². The van der Waals surface area contributed by atoms with Crippen molar-refractivity contribution in [2.75, 3.05) is 7.11 Å². The van der Waals surface area contributed by atoms with Crippen molar-refractivity contribution in [2.24, 2.45) is 5.92 Å². The molecule has 2 aromatic heterocycles. The molecule has 1 N–H and O–H groups in total. The molecule has 1 unspecified atom stereocenters. The Kier molecular flexibility index (Phi) is 5.46. The highest BCUT2D eigenvalue weighted by atomic mass is 32.1. The Morgan fingerprint density at radius 3 is 2.95 bits per heavy atom. The van der Waals surface area contributed by atoms with Crippen LogP contribution in [-0.2, 0) is 16.1 Å². The Hall–Kier alpha value is -1.73. The van der Waals surface area contributed by atoms with Crippen molar-refractivity contribution in [3.05, 3.63) is 22.7 Å². The normalized spacial score (nSPS) is 12.6. The van der Waals surface area contributed by atoms with Crippen LogP contribution in [-0.4, -0.2) is 29.3 Å². The van der Waals surface area contributed by atoms with E-state index in [9.17, 15) is 4.79 Å². The lowest BCUT2D eigenvalue weighted by atomic mass is 10.0. The van der Waals surface area contributed by atoms with Crippen molar-refractivity contribution < 1.29 is 14.1 Å². The summed E-state index contributed by atoms with van der Waals surface area (Å²) < 4.78 is 10.0. The van der Waals surface area contributed by atoms with E-state index in [4.69, 9.17) is 9.26 Å². The van der Waals surface area contributed by atoms with E-state index in [-0.39, 0.29) is 12.0 Å². The third-order valence-corrected chi connectivity index (χ3v) is 3.62. The minimum Gasteiger partial charge on any atom is -0.468 e. The van der Waals surface area contributed by atoms with Gasteiger partial charge in [-0.3, -0.25) is 10.1 Å². The monoisotopic (exact) mass is 309 g/mol. The van der Waals surface area contributed by atoms with Crippen LogP contribution < -0.4 is 5.32 Å². The van der Waals surface area contributed by atoms with E-state index in [0.717, 1.165) is 5.56 Å². The molecule has 2 rings (SSSR count). The van der Waals surface area contributed by atoms with Gasteiger partial charge in [0.2, 0.25) is 0 Å². The number of aromatic nitrogens is 2. The minimum absolute atomic E-state index is 0.273. The number of carbonyl (C=O) groups excluding carboxylic acids is 1. The SMILES string of the molecule is COC(=O)C(CC(C)C)NCc1noc(-c2ccsc2)n1. The lowest BCUT2D eigenvalue weighted by molar-refractivity contribution is -0.143. The fourth-order valence-corrected chi connectivity index (χ4v) is 2.55. The van der Waals surface area contributed by atoms with E-state index < -0.39 is 0 Å². The largest absolute Gasteiger partial charge is 0.468 e. The first-order chi connectivity index (χ1) is 10.1. The van der Waals surface area contributed by atoms with Gasteiger partial charge in [0.15, 0.2) is 5.82 Å². The van der Waals surface area contributed by atoms with Crippen LogP contribution in [0.15, 0.2) is 21.3 Å². The van der Waals surface area contributed by atoms with Gasteiger partial charge in [-0.1, -0.05) is 19.0 Å². The molecule has 1 atom stereocenters. The summed E-state index contributed by atoms with van der Waals surface area (Å²) in [6.07, 6.45) is 0.696. The Balaban J connectivity index is 1.96. The third-order valence-electron chi connectivity index (χ3n) is 2.94. The second-order valence-electron chi connectivity index (χ2n) is 5.11. The summed E-state index contributed by atoms with van der Waals surface area (Å²) in [5.41, 5.74) is 0.908. The molecule has 0 aliphatic heterocycles. The molecule has 2 aromatic rings.